The molecule has 0 atom stereocenters. The molecule has 0 aliphatic heterocycles. The highest BCUT2D eigenvalue weighted by Gasteiger charge is 2.22. The largest absolute Gasteiger partial charge is 0.421 e. The first-order chi connectivity index (χ1) is 12.3. The molecule has 0 unspecified atom stereocenters. The number of rotatable bonds is 5. The molecule has 0 bridgehead atoms. The first-order valence-corrected chi connectivity index (χ1v) is 9.40. The molecular weight excluding hydrogens is 359 g/mol. The van der Waals surface area contributed by atoms with Crippen LogP contribution in [0.2, 0.25) is 0 Å². The summed E-state index contributed by atoms with van der Waals surface area (Å²) in [6, 6.07) is 10.3. The Morgan fingerprint density at radius 1 is 1.12 bits per heavy atom. The van der Waals surface area contributed by atoms with Gasteiger partial charge in [0.05, 0.1) is 10.6 Å². The monoisotopic (exact) mass is 376 g/mol. The fourth-order valence-corrected chi connectivity index (χ4v) is 3.61. The fraction of sp³-hybridized carbons (Fsp3) is 0.167. The summed E-state index contributed by atoms with van der Waals surface area (Å²) < 4.78 is 46.4. The van der Waals surface area contributed by atoms with Crippen molar-refractivity contribution < 1.29 is 17.2 Å². The van der Waals surface area contributed by atoms with Crippen molar-refractivity contribution >= 4 is 32.4 Å². The maximum absolute atomic E-state index is 13.8. The Kier molecular flexibility index (Phi) is 4.69. The van der Waals surface area contributed by atoms with Gasteiger partial charge in [-0.3, -0.25) is 4.72 Å². The molecule has 1 heterocycles. The van der Waals surface area contributed by atoms with E-state index in [1.807, 2.05) is 6.92 Å². The lowest BCUT2D eigenvalue weighted by Crippen LogP contribution is -2.21. The molecule has 3 aromatic rings. The van der Waals surface area contributed by atoms with Crippen molar-refractivity contribution in [1.29, 1.82) is 0 Å². The fourth-order valence-electron chi connectivity index (χ4n) is 2.54. The summed E-state index contributed by atoms with van der Waals surface area (Å²) >= 11 is 0. The number of halogens is 1. The summed E-state index contributed by atoms with van der Waals surface area (Å²) in [4.78, 5) is 12.1. The molecule has 0 saturated heterocycles. The van der Waals surface area contributed by atoms with E-state index in [1.54, 1.807) is 24.3 Å². The van der Waals surface area contributed by atoms with E-state index in [4.69, 9.17) is 4.42 Å². The summed E-state index contributed by atoms with van der Waals surface area (Å²) in [6.45, 7) is 3.80. The van der Waals surface area contributed by atoms with Crippen molar-refractivity contribution in [2.75, 3.05) is 16.6 Å². The van der Waals surface area contributed by atoms with Crippen LogP contribution in [0.4, 0.5) is 15.8 Å². The quantitative estimate of drug-likeness (QED) is 0.666. The summed E-state index contributed by atoms with van der Waals surface area (Å²) in [5, 5.41) is 3.55. The standard InChI is InChI=1S/C18H17FN2O4S/c1-3-20-16-13-6-4-5-7-15(13)25-18(22)17(16)21-26(23,24)12-9-8-11(2)14(19)10-12/h4-10,20-21H,3H2,1-2H3. The number of benzene rings is 2. The van der Waals surface area contributed by atoms with E-state index >= 15 is 0 Å². The van der Waals surface area contributed by atoms with Crippen molar-refractivity contribution in [2.24, 2.45) is 0 Å². The van der Waals surface area contributed by atoms with Gasteiger partial charge in [0.1, 0.15) is 11.4 Å². The van der Waals surface area contributed by atoms with Crippen LogP contribution in [0.15, 0.2) is 56.6 Å². The van der Waals surface area contributed by atoms with Crippen LogP contribution in [0.3, 0.4) is 0 Å². The van der Waals surface area contributed by atoms with Gasteiger partial charge in [-0.1, -0.05) is 18.2 Å². The van der Waals surface area contributed by atoms with E-state index in [0.29, 0.717) is 28.8 Å². The predicted molar refractivity (Wildman–Crippen MR) is 98.6 cm³/mol. The van der Waals surface area contributed by atoms with E-state index in [1.165, 1.54) is 19.1 Å². The third-order valence-corrected chi connectivity index (χ3v) is 5.20. The van der Waals surface area contributed by atoms with Gasteiger partial charge in [0.25, 0.3) is 10.0 Å². The Hall–Kier alpha value is -2.87. The normalized spacial score (nSPS) is 11.5. The van der Waals surface area contributed by atoms with Crippen LogP contribution < -0.4 is 15.7 Å². The molecule has 0 aliphatic rings. The minimum absolute atomic E-state index is 0.244. The zero-order valence-electron chi connectivity index (χ0n) is 14.2. The molecule has 136 valence electrons. The molecule has 0 radical (unpaired) electrons. The van der Waals surface area contributed by atoms with Crippen LogP contribution >= 0.6 is 0 Å². The Balaban J connectivity index is 2.15. The molecular formula is C18H17FN2O4S. The molecule has 8 heteroatoms. The highest BCUT2D eigenvalue weighted by molar-refractivity contribution is 7.92. The van der Waals surface area contributed by atoms with Crippen LogP contribution in [0.5, 0.6) is 0 Å². The number of aryl methyl sites for hydroxylation is 1. The van der Waals surface area contributed by atoms with Crippen molar-refractivity contribution in [3.8, 4) is 0 Å². The zero-order chi connectivity index (χ0) is 18.9. The van der Waals surface area contributed by atoms with Gasteiger partial charge in [0.2, 0.25) is 0 Å². The molecule has 6 nitrogen and oxygen atoms in total. The Morgan fingerprint density at radius 3 is 2.54 bits per heavy atom. The van der Waals surface area contributed by atoms with Gasteiger partial charge < -0.3 is 9.73 Å². The van der Waals surface area contributed by atoms with E-state index in [2.05, 4.69) is 10.0 Å². The maximum atomic E-state index is 13.8. The first kappa shape index (κ1) is 17.9. The lowest BCUT2D eigenvalue weighted by molar-refractivity contribution is 0.563. The van der Waals surface area contributed by atoms with Gasteiger partial charge in [-0.15, -0.1) is 0 Å². The minimum atomic E-state index is -4.17. The highest BCUT2D eigenvalue weighted by Crippen LogP contribution is 2.30. The third kappa shape index (κ3) is 3.28. The average molecular weight is 376 g/mol. The molecule has 0 amide bonds. The molecule has 0 aliphatic carbocycles. The lowest BCUT2D eigenvalue weighted by atomic mass is 10.2. The molecule has 0 fully saturated rings. The third-order valence-electron chi connectivity index (χ3n) is 3.86. The number of para-hydroxylation sites is 1. The molecule has 3 rings (SSSR count). The first-order valence-electron chi connectivity index (χ1n) is 7.92. The second kappa shape index (κ2) is 6.80. The average Bonchev–Trinajstić information content (AvgIpc) is 2.60. The van der Waals surface area contributed by atoms with Crippen LogP contribution in [0.25, 0.3) is 11.0 Å². The van der Waals surface area contributed by atoms with Crippen LogP contribution in [-0.4, -0.2) is 15.0 Å². The summed E-state index contributed by atoms with van der Waals surface area (Å²) in [6.07, 6.45) is 0. The van der Waals surface area contributed by atoms with Crippen molar-refractivity contribution in [1.82, 2.24) is 0 Å². The van der Waals surface area contributed by atoms with Gasteiger partial charge in [0.15, 0.2) is 5.69 Å². The van der Waals surface area contributed by atoms with Gasteiger partial charge in [-0.25, -0.2) is 17.6 Å². The van der Waals surface area contributed by atoms with E-state index in [0.717, 1.165) is 6.07 Å². The van der Waals surface area contributed by atoms with Gasteiger partial charge >= 0.3 is 5.63 Å². The number of hydrogen-bond acceptors (Lipinski definition) is 5. The van der Waals surface area contributed by atoms with Crippen molar-refractivity contribution in [3.05, 3.63) is 64.3 Å². The van der Waals surface area contributed by atoms with Crippen molar-refractivity contribution in [2.45, 2.75) is 18.7 Å². The minimum Gasteiger partial charge on any atom is -0.421 e. The van der Waals surface area contributed by atoms with Gasteiger partial charge in [0, 0.05) is 11.9 Å². The van der Waals surface area contributed by atoms with E-state index < -0.39 is 21.5 Å². The summed E-state index contributed by atoms with van der Waals surface area (Å²) in [5.74, 6) is -0.648. The number of anilines is 2. The maximum Gasteiger partial charge on any atom is 0.363 e. The Bertz CT molecular complexity index is 1140. The van der Waals surface area contributed by atoms with Crippen LogP contribution in [-0.2, 0) is 10.0 Å². The second-order valence-corrected chi connectivity index (χ2v) is 7.36. The summed E-state index contributed by atoms with van der Waals surface area (Å²) in [7, 11) is -4.17. The molecule has 26 heavy (non-hydrogen) atoms. The van der Waals surface area contributed by atoms with Gasteiger partial charge in [-0.05, 0) is 43.7 Å². The number of hydrogen-bond donors (Lipinski definition) is 2. The smallest absolute Gasteiger partial charge is 0.363 e. The molecule has 2 N–H and O–H groups in total. The summed E-state index contributed by atoms with van der Waals surface area (Å²) in [5.41, 5.74) is -0.113. The van der Waals surface area contributed by atoms with E-state index in [9.17, 15) is 17.6 Å². The highest BCUT2D eigenvalue weighted by atomic mass is 32.2. The van der Waals surface area contributed by atoms with Crippen LogP contribution in [0.1, 0.15) is 12.5 Å². The Labute approximate surface area is 149 Å². The number of nitrogens with one attached hydrogen (secondary N) is 2. The molecule has 0 saturated carbocycles. The molecule has 1 aromatic heterocycles. The SMILES string of the molecule is CCNc1c(NS(=O)(=O)c2ccc(C)c(F)c2)c(=O)oc2ccccc12. The van der Waals surface area contributed by atoms with Crippen molar-refractivity contribution in [3.63, 3.8) is 0 Å². The molecule has 0 spiro atoms. The topological polar surface area (TPSA) is 88.4 Å². The molecule has 2 aromatic carbocycles. The second-order valence-electron chi connectivity index (χ2n) is 5.68. The van der Waals surface area contributed by atoms with Gasteiger partial charge in [-0.2, -0.15) is 0 Å². The van der Waals surface area contributed by atoms with Crippen LogP contribution in [0, 0.1) is 12.7 Å². The number of sulfonamides is 1. The zero-order valence-corrected chi connectivity index (χ0v) is 15.0. The lowest BCUT2D eigenvalue weighted by Gasteiger charge is -2.14. The Morgan fingerprint density at radius 2 is 1.85 bits per heavy atom. The van der Waals surface area contributed by atoms with E-state index in [-0.39, 0.29) is 10.6 Å². The predicted octanol–water partition coefficient (Wildman–Crippen LogP) is 3.47. The number of fused-ring (bicyclic) bond motifs is 1.